The number of nitrogens with zero attached hydrogens (tertiary/aromatic N) is 1. The maximum atomic E-state index is 13.7. The molecule has 6 nitrogen and oxygen atoms in total. The summed E-state index contributed by atoms with van der Waals surface area (Å²) in [6, 6.07) is 10.3. The number of hydrogen-bond acceptors (Lipinski definition) is 6. The molecule has 3 aromatic rings. The van der Waals surface area contributed by atoms with Gasteiger partial charge in [0, 0.05) is 6.54 Å². The van der Waals surface area contributed by atoms with Crippen molar-refractivity contribution in [3.63, 3.8) is 0 Å². The standard InChI is InChI=1S/C22H21FN2O4S/c1-13-2-4-15(23)11-17(13)19-6-3-14-10-16(5-7-18(14)29-19)28-22-25-12-20(30-22)21(27)24-8-9-26/h2,4-5,7,10-12,19,26H,3,6,8-9H2,1H3,(H,24,27). The zero-order valence-corrected chi connectivity index (χ0v) is 17.2. The minimum atomic E-state index is -0.297. The van der Waals surface area contributed by atoms with Crippen molar-refractivity contribution in [1.82, 2.24) is 10.3 Å². The Kier molecular flexibility index (Phi) is 5.96. The number of aryl methyl sites for hydroxylation is 2. The van der Waals surface area contributed by atoms with E-state index in [-0.39, 0.29) is 31.0 Å². The fourth-order valence-electron chi connectivity index (χ4n) is 3.37. The second kappa shape index (κ2) is 8.81. The van der Waals surface area contributed by atoms with Crippen molar-refractivity contribution in [3.8, 4) is 16.7 Å². The lowest BCUT2D eigenvalue weighted by Crippen LogP contribution is -2.25. The monoisotopic (exact) mass is 428 g/mol. The summed E-state index contributed by atoms with van der Waals surface area (Å²) in [5.41, 5.74) is 2.89. The van der Waals surface area contributed by atoms with E-state index in [2.05, 4.69) is 10.3 Å². The van der Waals surface area contributed by atoms with Gasteiger partial charge < -0.3 is 19.9 Å². The van der Waals surface area contributed by atoms with Crippen molar-refractivity contribution >= 4 is 17.2 Å². The van der Waals surface area contributed by atoms with Crippen molar-refractivity contribution < 1.29 is 23.8 Å². The molecule has 1 unspecified atom stereocenters. The lowest BCUT2D eigenvalue weighted by Gasteiger charge is -2.27. The number of fused-ring (bicyclic) bond motifs is 1. The van der Waals surface area contributed by atoms with Gasteiger partial charge in [0.2, 0.25) is 0 Å². The number of amides is 1. The summed E-state index contributed by atoms with van der Waals surface area (Å²) in [5, 5.41) is 11.7. The van der Waals surface area contributed by atoms with E-state index in [1.54, 1.807) is 18.2 Å². The molecule has 1 atom stereocenters. The topological polar surface area (TPSA) is 80.7 Å². The lowest BCUT2D eigenvalue weighted by atomic mass is 9.94. The third kappa shape index (κ3) is 4.44. The highest BCUT2D eigenvalue weighted by molar-refractivity contribution is 7.15. The number of benzene rings is 2. The molecule has 0 radical (unpaired) electrons. The molecule has 1 amide bonds. The van der Waals surface area contributed by atoms with Crippen molar-refractivity contribution in [2.75, 3.05) is 13.2 Å². The van der Waals surface area contributed by atoms with Crippen LogP contribution in [0.25, 0.3) is 0 Å². The third-order valence-electron chi connectivity index (χ3n) is 4.88. The maximum Gasteiger partial charge on any atom is 0.279 e. The maximum absolute atomic E-state index is 13.7. The summed E-state index contributed by atoms with van der Waals surface area (Å²) in [5.74, 6) is 0.801. The molecular formula is C22H21FN2O4S. The Labute approximate surface area is 177 Å². The molecule has 0 spiro atoms. The highest BCUT2D eigenvalue weighted by Gasteiger charge is 2.24. The van der Waals surface area contributed by atoms with Crippen LogP contribution >= 0.6 is 11.3 Å². The van der Waals surface area contributed by atoms with Gasteiger partial charge in [-0.1, -0.05) is 17.4 Å². The normalized spacial score (nSPS) is 15.2. The lowest BCUT2D eigenvalue weighted by molar-refractivity contribution is 0.0948. The molecule has 2 N–H and O–H groups in total. The Hall–Kier alpha value is -2.97. The second-order valence-corrected chi connectivity index (χ2v) is 7.98. The van der Waals surface area contributed by atoms with E-state index in [1.807, 2.05) is 19.1 Å². The molecule has 1 aliphatic heterocycles. The van der Waals surface area contributed by atoms with Gasteiger partial charge >= 0.3 is 0 Å². The van der Waals surface area contributed by atoms with Crippen LogP contribution in [-0.4, -0.2) is 29.1 Å². The predicted octanol–water partition coefficient (Wildman–Crippen LogP) is 4.17. The fourth-order valence-corrected chi connectivity index (χ4v) is 4.07. The number of aliphatic hydroxyl groups excluding tert-OH is 1. The Morgan fingerprint density at radius 1 is 1.37 bits per heavy atom. The first-order valence-corrected chi connectivity index (χ1v) is 10.4. The number of hydrogen-bond donors (Lipinski definition) is 2. The summed E-state index contributed by atoms with van der Waals surface area (Å²) in [7, 11) is 0. The first kappa shape index (κ1) is 20.3. The van der Waals surface area contributed by atoms with Gasteiger partial charge in [-0.2, -0.15) is 0 Å². The van der Waals surface area contributed by atoms with Crippen LogP contribution in [0.1, 0.15) is 38.9 Å². The number of carbonyl (C=O) groups is 1. The molecule has 2 heterocycles. The Balaban J connectivity index is 1.45. The predicted molar refractivity (Wildman–Crippen MR) is 111 cm³/mol. The van der Waals surface area contributed by atoms with E-state index >= 15 is 0 Å². The molecule has 30 heavy (non-hydrogen) atoms. The van der Waals surface area contributed by atoms with E-state index in [9.17, 15) is 9.18 Å². The molecule has 0 saturated heterocycles. The molecule has 0 fully saturated rings. The van der Waals surface area contributed by atoms with Crippen molar-refractivity contribution in [2.24, 2.45) is 0 Å². The van der Waals surface area contributed by atoms with Gasteiger partial charge in [-0.05, 0) is 66.8 Å². The molecule has 0 aliphatic carbocycles. The average Bonchev–Trinajstić information content (AvgIpc) is 3.22. The number of rotatable bonds is 6. The quantitative estimate of drug-likeness (QED) is 0.616. The number of ether oxygens (including phenoxy) is 2. The zero-order chi connectivity index (χ0) is 21.1. The molecule has 1 aliphatic rings. The smallest absolute Gasteiger partial charge is 0.279 e. The van der Waals surface area contributed by atoms with Crippen LogP contribution in [0, 0.1) is 12.7 Å². The molecule has 0 saturated carbocycles. The third-order valence-corrected chi connectivity index (χ3v) is 5.75. The van der Waals surface area contributed by atoms with Gasteiger partial charge in [0.05, 0.1) is 12.8 Å². The van der Waals surface area contributed by atoms with E-state index in [4.69, 9.17) is 14.6 Å². The van der Waals surface area contributed by atoms with Crippen LogP contribution in [0.5, 0.6) is 16.7 Å². The zero-order valence-electron chi connectivity index (χ0n) is 16.4. The van der Waals surface area contributed by atoms with E-state index in [1.165, 1.54) is 12.3 Å². The highest BCUT2D eigenvalue weighted by Crippen LogP contribution is 2.38. The summed E-state index contributed by atoms with van der Waals surface area (Å²) in [4.78, 5) is 16.4. The van der Waals surface area contributed by atoms with Crippen LogP contribution in [-0.2, 0) is 6.42 Å². The summed E-state index contributed by atoms with van der Waals surface area (Å²) < 4.78 is 25.6. The number of carbonyl (C=O) groups excluding carboxylic acids is 1. The van der Waals surface area contributed by atoms with Gasteiger partial charge in [0.1, 0.15) is 28.3 Å². The Morgan fingerprint density at radius 2 is 2.23 bits per heavy atom. The van der Waals surface area contributed by atoms with Gasteiger partial charge in [0.15, 0.2) is 0 Å². The highest BCUT2D eigenvalue weighted by atomic mass is 32.1. The van der Waals surface area contributed by atoms with Gasteiger partial charge in [-0.25, -0.2) is 9.37 Å². The van der Waals surface area contributed by atoms with Crippen LogP contribution in [0.3, 0.4) is 0 Å². The van der Waals surface area contributed by atoms with Gasteiger partial charge in [0.25, 0.3) is 11.1 Å². The molecule has 8 heteroatoms. The van der Waals surface area contributed by atoms with Crippen molar-refractivity contribution in [2.45, 2.75) is 25.9 Å². The summed E-state index contributed by atoms with van der Waals surface area (Å²) in [6.07, 6.45) is 2.78. The van der Waals surface area contributed by atoms with Crippen LogP contribution in [0.2, 0.25) is 0 Å². The number of aromatic nitrogens is 1. The molecular weight excluding hydrogens is 407 g/mol. The fraction of sp³-hybridized carbons (Fsp3) is 0.273. The number of aliphatic hydroxyl groups is 1. The van der Waals surface area contributed by atoms with E-state index < -0.39 is 0 Å². The number of halogens is 1. The van der Waals surface area contributed by atoms with Crippen molar-refractivity contribution in [3.05, 3.63) is 70.0 Å². The average molecular weight is 428 g/mol. The molecule has 1 aromatic heterocycles. The Morgan fingerprint density at radius 3 is 3.07 bits per heavy atom. The Bertz CT molecular complexity index is 1070. The van der Waals surface area contributed by atoms with Crippen LogP contribution in [0.15, 0.2) is 42.6 Å². The minimum absolute atomic E-state index is 0.120. The van der Waals surface area contributed by atoms with Gasteiger partial charge in [-0.3, -0.25) is 4.79 Å². The minimum Gasteiger partial charge on any atom is -0.485 e. The molecule has 2 aromatic carbocycles. The summed E-state index contributed by atoms with van der Waals surface area (Å²) >= 11 is 1.13. The van der Waals surface area contributed by atoms with E-state index in [0.29, 0.717) is 15.8 Å². The molecule has 156 valence electrons. The molecule has 0 bridgehead atoms. The van der Waals surface area contributed by atoms with Gasteiger partial charge in [-0.15, -0.1) is 0 Å². The first-order chi connectivity index (χ1) is 14.5. The number of nitrogens with one attached hydrogen (secondary N) is 1. The molecule has 4 rings (SSSR count). The number of thiazole rings is 1. The SMILES string of the molecule is Cc1ccc(F)cc1C1CCc2cc(Oc3ncc(C(=O)NCCO)s3)ccc2O1. The second-order valence-electron chi connectivity index (χ2n) is 6.99. The van der Waals surface area contributed by atoms with E-state index in [0.717, 1.165) is 46.6 Å². The summed E-state index contributed by atoms with van der Waals surface area (Å²) in [6.45, 7) is 2.02. The van der Waals surface area contributed by atoms with Crippen LogP contribution < -0.4 is 14.8 Å². The van der Waals surface area contributed by atoms with Crippen molar-refractivity contribution in [1.29, 1.82) is 0 Å². The first-order valence-electron chi connectivity index (χ1n) is 9.62. The van der Waals surface area contributed by atoms with Crippen LogP contribution in [0.4, 0.5) is 4.39 Å². The largest absolute Gasteiger partial charge is 0.485 e.